The largest absolute Gasteiger partial charge is 0.493 e. The first-order valence-electron chi connectivity index (χ1n) is 8.84. The summed E-state index contributed by atoms with van der Waals surface area (Å²) in [6.07, 6.45) is 1.75. The third-order valence-electron chi connectivity index (χ3n) is 4.84. The highest BCUT2D eigenvalue weighted by atomic mass is 16.5. The van der Waals surface area contributed by atoms with Crippen molar-refractivity contribution >= 4 is 0 Å². The lowest BCUT2D eigenvalue weighted by Gasteiger charge is -2.17. The third kappa shape index (κ3) is 3.97. The SMILES string of the molecule is Cc1ccccc1-c1cccc(OCCCN2CC[C@@H](O)C2)c1C. The van der Waals surface area contributed by atoms with Gasteiger partial charge in [-0.15, -0.1) is 0 Å². The molecule has 0 saturated carbocycles. The van der Waals surface area contributed by atoms with Gasteiger partial charge in [-0.1, -0.05) is 36.4 Å². The number of aliphatic hydroxyl groups is 1. The Hall–Kier alpha value is -1.84. The smallest absolute Gasteiger partial charge is 0.122 e. The maximum absolute atomic E-state index is 9.56. The molecule has 2 aromatic carbocycles. The van der Waals surface area contributed by atoms with Gasteiger partial charge in [-0.3, -0.25) is 0 Å². The molecule has 0 radical (unpaired) electrons. The third-order valence-corrected chi connectivity index (χ3v) is 4.84. The number of aliphatic hydroxyl groups excluding tert-OH is 1. The monoisotopic (exact) mass is 325 g/mol. The molecule has 0 aliphatic carbocycles. The molecule has 1 saturated heterocycles. The molecule has 1 N–H and O–H groups in total. The van der Waals surface area contributed by atoms with E-state index >= 15 is 0 Å². The number of hydrogen-bond donors (Lipinski definition) is 1. The fourth-order valence-corrected chi connectivity index (χ4v) is 3.42. The van der Waals surface area contributed by atoms with E-state index in [0.29, 0.717) is 6.61 Å². The summed E-state index contributed by atoms with van der Waals surface area (Å²) in [4.78, 5) is 2.31. The Morgan fingerprint density at radius 2 is 1.88 bits per heavy atom. The van der Waals surface area contributed by atoms with Crippen LogP contribution in [0, 0.1) is 13.8 Å². The first kappa shape index (κ1) is 17.0. The first-order chi connectivity index (χ1) is 11.6. The van der Waals surface area contributed by atoms with E-state index in [1.165, 1.54) is 22.3 Å². The van der Waals surface area contributed by atoms with Gasteiger partial charge in [-0.05, 0) is 55.0 Å². The zero-order valence-corrected chi connectivity index (χ0v) is 14.7. The number of rotatable bonds is 6. The predicted molar refractivity (Wildman–Crippen MR) is 98.5 cm³/mol. The molecule has 0 aromatic heterocycles. The molecular weight excluding hydrogens is 298 g/mol. The minimum atomic E-state index is -0.140. The second-order valence-electron chi connectivity index (χ2n) is 6.69. The van der Waals surface area contributed by atoms with Crippen LogP contribution in [0.2, 0.25) is 0 Å². The van der Waals surface area contributed by atoms with Crippen molar-refractivity contribution in [2.24, 2.45) is 0 Å². The second-order valence-corrected chi connectivity index (χ2v) is 6.69. The summed E-state index contributed by atoms with van der Waals surface area (Å²) in [5.41, 5.74) is 4.99. The van der Waals surface area contributed by atoms with E-state index in [0.717, 1.165) is 38.2 Å². The summed E-state index contributed by atoms with van der Waals surface area (Å²) in [7, 11) is 0. The van der Waals surface area contributed by atoms with Crippen molar-refractivity contribution in [2.75, 3.05) is 26.2 Å². The van der Waals surface area contributed by atoms with Crippen LogP contribution in [0.25, 0.3) is 11.1 Å². The molecule has 0 unspecified atom stereocenters. The molecular formula is C21H27NO2. The summed E-state index contributed by atoms with van der Waals surface area (Å²) in [6.45, 7) is 7.80. The minimum Gasteiger partial charge on any atom is -0.493 e. The summed E-state index contributed by atoms with van der Waals surface area (Å²) >= 11 is 0. The van der Waals surface area contributed by atoms with Crippen molar-refractivity contribution in [3.8, 4) is 16.9 Å². The average Bonchev–Trinajstić information content (AvgIpc) is 2.99. The molecule has 128 valence electrons. The lowest BCUT2D eigenvalue weighted by atomic mass is 9.96. The molecule has 3 heteroatoms. The van der Waals surface area contributed by atoms with Gasteiger partial charge in [0.15, 0.2) is 0 Å². The summed E-state index contributed by atoms with van der Waals surface area (Å²) in [5.74, 6) is 0.970. The van der Waals surface area contributed by atoms with E-state index in [-0.39, 0.29) is 6.10 Å². The van der Waals surface area contributed by atoms with Crippen molar-refractivity contribution in [3.05, 3.63) is 53.6 Å². The van der Waals surface area contributed by atoms with Gasteiger partial charge in [0, 0.05) is 19.6 Å². The Morgan fingerprint density at radius 3 is 2.62 bits per heavy atom. The summed E-state index contributed by atoms with van der Waals surface area (Å²) in [6, 6.07) is 14.8. The summed E-state index contributed by atoms with van der Waals surface area (Å²) in [5, 5.41) is 9.56. The van der Waals surface area contributed by atoms with E-state index < -0.39 is 0 Å². The van der Waals surface area contributed by atoms with Gasteiger partial charge in [-0.2, -0.15) is 0 Å². The van der Waals surface area contributed by atoms with Crippen molar-refractivity contribution < 1.29 is 9.84 Å². The standard InChI is InChI=1S/C21H27NO2/c1-16-7-3-4-8-19(16)20-9-5-10-21(17(20)2)24-14-6-12-22-13-11-18(23)15-22/h3-5,7-10,18,23H,6,11-15H2,1-2H3/t18-/m1/s1. The van der Waals surface area contributed by atoms with E-state index in [1.807, 2.05) is 0 Å². The van der Waals surface area contributed by atoms with Crippen LogP contribution in [0.1, 0.15) is 24.0 Å². The molecule has 0 amide bonds. The second kappa shape index (κ2) is 7.82. The van der Waals surface area contributed by atoms with Gasteiger partial charge in [0.2, 0.25) is 0 Å². The van der Waals surface area contributed by atoms with Crippen molar-refractivity contribution in [2.45, 2.75) is 32.8 Å². The van der Waals surface area contributed by atoms with Crippen LogP contribution in [0.3, 0.4) is 0 Å². The quantitative estimate of drug-likeness (QED) is 0.820. The molecule has 3 nitrogen and oxygen atoms in total. The normalized spacial score (nSPS) is 18.0. The summed E-state index contributed by atoms with van der Waals surface area (Å²) < 4.78 is 6.04. The van der Waals surface area contributed by atoms with Gasteiger partial charge in [-0.25, -0.2) is 0 Å². The van der Waals surface area contributed by atoms with Gasteiger partial charge >= 0.3 is 0 Å². The first-order valence-corrected chi connectivity index (χ1v) is 8.84. The Morgan fingerprint density at radius 1 is 1.08 bits per heavy atom. The van der Waals surface area contributed by atoms with Crippen molar-refractivity contribution in [3.63, 3.8) is 0 Å². The Balaban J connectivity index is 1.60. The molecule has 0 spiro atoms. The van der Waals surface area contributed by atoms with Crippen molar-refractivity contribution in [1.29, 1.82) is 0 Å². The number of aryl methyl sites for hydroxylation is 1. The molecule has 1 aliphatic rings. The average molecular weight is 325 g/mol. The fraction of sp³-hybridized carbons (Fsp3) is 0.429. The topological polar surface area (TPSA) is 32.7 Å². The molecule has 3 rings (SSSR count). The van der Waals surface area contributed by atoms with Crippen LogP contribution in [-0.4, -0.2) is 42.4 Å². The number of hydrogen-bond acceptors (Lipinski definition) is 3. The Labute approximate surface area is 144 Å². The van der Waals surface area contributed by atoms with E-state index in [2.05, 4.69) is 61.2 Å². The molecule has 1 heterocycles. The van der Waals surface area contributed by atoms with E-state index in [4.69, 9.17) is 4.74 Å². The van der Waals surface area contributed by atoms with Crippen LogP contribution in [0.4, 0.5) is 0 Å². The van der Waals surface area contributed by atoms with Gasteiger partial charge < -0.3 is 14.7 Å². The molecule has 0 bridgehead atoms. The highest BCUT2D eigenvalue weighted by Crippen LogP contribution is 2.31. The van der Waals surface area contributed by atoms with E-state index in [1.54, 1.807) is 0 Å². The van der Waals surface area contributed by atoms with Crippen LogP contribution in [0.5, 0.6) is 5.75 Å². The van der Waals surface area contributed by atoms with Gasteiger partial charge in [0.05, 0.1) is 12.7 Å². The number of nitrogens with zero attached hydrogens (tertiary/aromatic N) is 1. The molecule has 1 atom stereocenters. The molecule has 1 fully saturated rings. The highest BCUT2D eigenvalue weighted by Gasteiger charge is 2.19. The minimum absolute atomic E-state index is 0.140. The van der Waals surface area contributed by atoms with Crippen LogP contribution in [-0.2, 0) is 0 Å². The van der Waals surface area contributed by atoms with Crippen LogP contribution in [0.15, 0.2) is 42.5 Å². The number of benzene rings is 2. The lowest BCUT2D eigenvalue weighted by molar-refractivity contribution is 0.173. The van der Waals surface area contributed by atoms with E-state index in [9.17, 15) is 5.11 Å². The number of likely N-dealkylation sites (tertiary alicyclic amines) is 1. The zero-order valence-electron chi connectivity index (χ0n) is 14.7. The molecule has 1 aliphatic heterocycles. The highest BCUT2D eigenvalue weighted by molar-refractivity contribution is 5.72. The predicted octanol–water partition coefficient (Wildman–Crippen LogP) is 3.81. The Bertz CT molecular complexity index is 683. The number of β-amino-alcohol motifs (C(OH)–C–C–N with tert-alkyl or cyclic N) is 1. The maximum Gasteiger partial charge on any atom is 0.122 e. The van der Waals surface area contributed by atoms with Gasteiger partial charge in [0.1, 0.15) is 5.75 Å². The number of ether oxygens (including phenoxy) is 1. The van der Waals surface area contributed by atoms with Gasteiger partial charge in [0.25, 0.3) is 0 Å². The maximum atomic E-state index is 9.56. The lowest BCUT2D eigenvalue weighted by Crippen LogP contribution is -2.24. The molecule has 24 heavy (non-hydrogen) atoms. The van der Waals surface area contributed by atoms with Crippen LogP contribution >= 0.6 is 0 Å². The molecule has 2 aromatic rings. The van der Waals surface area contributed by atoms with Crippen molar-refractivity contribution in [1.82, 2.24) is 4.90 Å². The fourth-order valence-electron chi connectivity index (χ4n) is 3.42. The zero-order chi connectivity index (χ0) is 16.9. The Kier molecular flexibility index (Phi) is 5.54. The van der Waals surface area contributed by atoms with Crippen LogP contribution < -0.4 is 4.74 Å².